The Morgan fingerprint density at radius 3 is 3.04 bits per heavy atom. The minimum Gasteiger partial charge on any atom is -0.391 e. The number of rotatable bonds is 4. The van der Waals surface area contributed by atoms with Crippen LogP contribution in [0.2, 0.25) is 0 Å². The Bertz CT molecular complexity index is 840. The molecule has 3 aromatic heterocycles. The molecule has 0 aliphatic heterocycles. The first-order valence-electron chi connectivity index (χ1n) is 8.30. The van der Waals surface area contributed by atoms with Crippen LogP contribution in [0, 0.1) is 12.8 Å². The highest BCUT2D eigenvalue weighted by molar-refractivity contribution is 5.89. The van der Waals surface area contributed by atoms with E-state index in [0.717, 1.165) is 41.8 Å². The van der Waals surface area contributed by atoms with Crippen molar-refractivity contribution in [2.24, 2.45) is 13.0 Å². The molecule has 4 rings (SSSR count). The summed E-state index contributed by atoms with van der Waals surface area (Å²) in [6.07, 6.45) is 8.81. The van der Waals surface area contributed by atoms with E-state index in [1.165, 1.54) is 0 Å². The third-order valence-corrected chi connectivity index (χ3v) is 4.83. The van der Waals surface area contributed by atoms with E-state index in [1.807, 2.05) is 38.8 Å². The summed E-state index contributed by atoms with van der Waals surface area (Å²) in [5.74, 6) is 0.444. The number of nitrogens with zero attached hydrogens (tertiary/aromatic N) is 5. The predicted octanol–water partition coefficient (Wildman–Crippen LogP) is 1.72. The molecule has 1 aliphatic carbocycles. The van der Waals surface area contributed by atoms with Gasteiger partial charge < -0.3 is 15.0 Å². The van der Waals surface area contributed by atoms with Gasteiger partial charge in [-0.05, 0) is 31.7 Å². The standard InChI is InChI=1S/C17H22N6O/c1-11-5-14(13-8-19-22(2)17(13)20-11)21-15-6-12(7-16(15)24)9-23-4-3-18-10-23/h3-5,8,10,12,15-16,24H,6-7,9H2,1-2H3,(H,20,21)/t12?,15-,16-/m1/s1. The van der Waals surface area contributed by atoms with E-state index in [-0.39, 0.29) is 12.1 Å². The molecule has 0 radical (unpaired) electrons. The van der Waals surface area contributed by atoms with Crippen molar-refractivity contribution in [3.8, 4) is 0 Å². The summed E-state index contributed by atoms with van der Waals surface area (Å²) in [5.41, 5.74) is 2.80. The van der Waals surface area contributed by atoms with Gasteiger partial charge in [-0.25, -0.2) is 9.97 Å². The molecule has 0 spiro atoms. The van der Waals surface area contributed by atoms with Crippen molar-refractivity contribution >= 4 is 16.7 Å². The first-order chi connectivity index (χ1) is 11.6. The average molecular weight is 326 g/mol. The van der Waals surface area contributed by atoms with Crippen LogP contribution in [0.4, 0.5) is 5.69 Å². The van der Waals surface area contributed by atoms with Crippen LogP contribution in [-0.2, 0) is 13.6 Å². The third-order valence-electron chi connectivity index (χ3n) is 4.83. The number of aryl methyl sites for hydroxylation is 2. The molecule has 1 aliphatic rings. The van der Waals surface area contributed by atoms with Crippen LogP contribution in [0.1, 0.15) is 18.5 Å². The van der Waals surface area contributed by atoms with Crippen LogP contribution in [-0.4, -0.2) is 41.6 Å². The highest BCUT2D eigenvalue weighted by Gasteiger charge is 2.33. The second-order valence-electron chi connectivity index (χ2n) is 6.73. The van der Waals surface area contributed by atoms with Gasteiger partial charge in [-0.15, -0.1) is 0 Å². The van der Waals surface area contributed by atoms with Crippen molar-refractivity contribution in [2.45, 2.75) is 38.5 Å². The minimum atomic E-state index is -0.348. The number of anilines is 1. The number of hydrogen-bond acceptors (Lipinski definition) is 5. The topological polar surface area (TPSA) is 80.8 Å². The molecule has 24 heavy (non-hydrogen) atoms. The quantitative estimate of drug-likeness (QED) is 0.763. The lowest BCUT2D eigenvalue weighted by atomic mass is 10.1. The van der Waals surface area contributed by atoms with Crippen LogP contribution >= 0.6 is 0 Å². The summed E-state index contributed by atoms with van der Waals surface area (Å²) in [7, 11) is 1.89. The van der Waals surface area contributed by atoms with E-state index in [9.17, 15) is 5.11 Å². The Labute approximate surface area is 140 Å². The van der Waals surface area contributed by atoms with Crippen molar-refractivity contribution in [3.63, 3.8) is 0 Å². The lowest BCUT2D eigenvalue weighted by Gasteiger charge is -2.19. The van der Waals surface area contributed by atoms with Crippen molar-refractivity contribution < 1.29 is 5.11 Å². The number of aliphatic hydroxyl groups is 1. The smallest absolute Gasteiger partial charge is 0.159 e. The zero-order valence-corrected chi connectivity index (χ0v) is 13.9. The fraction of sp³-hybridized carbons (Fsp3) is 0.471. The monoisotopic (exact) mass is 326 g/mol. The van der Waals surface area contributed by atoms with E-state index < -0.39 is 0 Å². The highest BCUT2D eigenvalue weighted by Crippen LogP contribution is 2.32. The lowest BCUT2D eigenvalue weighted by Crippen LogP contribution is -2.28. The van der Waals surface area contributed by atoms with E-state index in [2.05, 4.69) is 25.0 Å². The molecule has 126 valence electrons. The number of aliphatic hydroxyl groups excluding tert-OH is 1. The number of nitrogens with one attached hydrogen (secondary N) is 1. The molecule has 0 bridgehead atoms. The molecule has 0 amide bonds. The van der Waals surface area contributed by atoms with Gasteiger partial charge in [0.05, 0.1) is 30.1 Å². The molecule has 3 heterocycles. The van der Waals surface area contributed by atoms with Gasteiger partial charge in [0.15, 0.2) is 5.65 Å². The van der Waals surface area contributed by atoms with Gasteiger partial charge in [0.2, 0.25) is 0 Å². The second-order valence-corrected chi connectivity index (χ2v) is 6.73. The molecule has 3 aromatic rings. The molecule has 2 N–H and O–H groups in total. The molecule has 1 fully saturated rings. The first-order valence-corrected chi connectivity index (χ1v) is 8.30. The van der Waals surface area contributed by atoms with Crippen LogP contribution < -0.4 is 5.32 Å². The summed E-state index contributed by atoms with van der Waals surface area (Å²) in [5, 5.41) is 19.3. The second kappa shape index (κ2) is 5.90. The van der Waals surface area contributed by atoms with Crippen LogP contribution in [0.15, 0.2) is 31.0 Å². The summed E-state index contributed by atoms with van der Waals surface area (Å²) in [6, 6.07) is 2.07. The van der Waals surface area contributed by atoms with Gasteiger partial charge in [-0.1, -0.05) is 0 Å². The number of imidazole rings is 1. The maximum absolute atomic E-state index is 10.5. The van der Waals surface area contributed by atoms with Gasteiger partial charge in [0.25, 0.3) is 0 Å². The van der Waals surface area contributed by atoms with Crippen LogP contribution in [0.3, 0.4) is 0 Å². The van der Waals surface area contributed by atoms with Gasteiger partial charge in [0.1, 0.15) is 0 Å². The van der Waals surface area contributed by atoms with E-state index in [0.29, 0.717) is 5.92 Å². The molecule has 0 saturated heterocycles. The van der Waals surface area contributed by atoms with Gasteiger partial charge in [-0.3, -0.25) is 4.68 Å². The molecule has 7 heteroatoms. The van der Waals surface area contributed by atoms with E-state index >= 15 is 0 Å². The summed E-state index contributed by atoms with van der Waals surface area (Å²) < 4.78 is 3.86. The summed E-state index contributed by atoms with van der Waals surface area (Å²) in [4.78, 5) is 8.63. The zero-order chi connectivity index (χ0) is 16.7. The Morgan fingerprint density at radius 2 is 2.25 bits per heavy atom. The molecule has 7 nitrogen and oxygen atoms in total. The third kappa shape index (κ3) is 2.75. The predicted molar refractivity (Wildman–Crippen MR) is 91.6 cm³/mol. The maximum Gasteiger partial charge on any atom is 0.159 e. The fourth-order valence-corrected chi connectivity index (χ4v) is 3.67. The van der Waals surface area contributed by atoms with E-state index in [1.54, 1.807) is 10.9 Å². The SMILES string of the molecule is Cc1cc(N[C@@H]2CC(Cn3ccnc3)C[C@H]2O)c2cnn(C)c2n1. The molecule has 3 atom stereocenters. The summed E-state index contributed by atoms with van der Waals surface area (Å²) >= 11 is 0. The molecule has 0 aromatic carbocycles. The average Bonchev–Trinajstić information content (AvgIpc) is 3.24. The van der Waals surface area contributed by atoms with Crippen molar-refractivity contribution in [1.82, 2.24) is 24.3 Å². The van der Waals surface area contributed by atoms with Gasteiger partial charge >= 0.3 is 0 Å². The van der Waals surface area contributed by atoms with Crippen molar-refractivity contribution in [1.29, 1.82) is 0 Å². The molecule has 1 saturated carbocycles. The van der Waals surface area contributed by atoms with E-state index in [4.69, 9.17) is 0 Å². The summed E-state index contributed by atoms with van der Waals surface area (Å²) in [6.45, 7) is 2.87. The Hall–Kier alpha value is -2.41. The fourth-order valence-electron chi connectivity index (χ4n) is 3.67. The van der Waals surface area contributed by atoms with Crippen molar-refractivity contribution in [2.75, 3.05) is 5.32 Å². The Morgan fingerprint density at radius 1 is 1.38 bits per heavy atom. The number of aromatic nitrogens is 5. The normalized spacial score (nSPS) is 23.9. The maximum atomic E-state index is 10.5. The molecule has 1 unspecified atom stereocenters. The van der Waals surface area contributed by atoms with Crippen LogP contribution in [0.5, 0.6) is 0 Å². The van der Waals surface area contributed by atoms with Gasteiger partial charge in [0, 0.05) is 37.4 Å². The van der Waals surface area contributed by atoms with Crippen LogP contribution in [0.25, 0.3) is 11.0 Å². The highest BCUT2D eigenvalue weighted by atomic mass is 16.3. The number of fused-ring (bicyclic) bond motifs is 1. The Kier molecular flexibility index (Phi) is 3.72. The van der Waals surface area contributed by atoms with Crippen molar-refractivity contribution in [3.05, 3.63) is 36.7 Å². The largest absolute Gasteiger partial charge is 0.391 e. The number of pyridine rings is 1. The number of hydrogen-bond donors (Lipinski definition) is 2. The molecular formula is C17H22N6O. The Balaban J connectivity index is 1.53. The molecular weight excluding hydrogens is 304 g/mol. The minimum absolute atomic E-state index is 0.0451. The first kappa shape index (κ1) is 15.1. The lowest BCUT2D eigenvalue weighted by molar-refractivity contribution is 0.166. The van der Waals surface area contributed by atoms with Gasteiger partial charge in [-0.2, -0.15) is 5.10 Å². The zero-order valence-electron chi connectivity index (χ0n) is 13.9.